The fourth-order valence-corrected chi connectivity index (χ4v) is 4.27. The lowest BCUT2D eigenvalue weighted by Crippen LogP contribution is -2.31. The van der Waals surface area contributed by atoms with Gasteiger partial charge in [-0.05, 0) is 70.0 Å². The van der Waals surface area contributed by atoms with Crippen LogP contribution >= 0.6 is 11.6 Å². The summed E-state index contributed by atoms with van der Waals surface area (Å²) in [4.78, 5) is 29.7. The second-order valence-corrected chi connectivity index (χ2v) is 10.1. The number of rotatable bonds is 6. The number of aryl methyl sites for hydroxylation is 3. The predicted octanol–water partition coefficient (Wildman–Crippen LogP) is 4.86. The van der Waals surface area contributed by atoms with E-state index >= 15 is 8.78 Å². The summed E-state index contributed by atoms with van der Waals surface area (Å²) in [6.45, 7) is 7.68. The SMILES string of the molecule is Cc1cnc(C(O)C(F)(F)c2cc(C)n(-c3cc(-c4ccnc(C(C)(C)O)n4)ncc3C)c(=O)c2Cl)c(F)c1. The second-order valence-electron chi connectivity index (χ2n) is 9.74. The van der Waals surface area contributed by atoms with E-state index in [-0.39, 0.29) is 11.5 Å². The Hall–Kier alpha value is -3.67. The van der Waals surface area contributed by atoms with Crippen molar-refractivity contribution in [3.63, 3.8) is 0 Å². The Balaban J connectivity index is 1.83. The average molecular weight is 560 g/mol. The fourth-order valence-electron chi connectivity index (χ4n) is 4.01. The van der Waals surface area contributed by atoms with Gasteiger partial charge in [-0.15, -0.1) is 0 Å². The van der Waals surface area contributed by atoms with E-state index in [1.807, 2.05) is 0 Å². The van der Waals surface area contributed by atoms with Crippen LogP contribution in [0.5, 0.6) is 0 Å². The van der Waals surface area contributed by atoms with Gasteiger partial charge >= 0.3 is 5.92 Å². The summed E-state index contributed by atoms with van der Waals surface area (Å²) in [5.74, 6) is -5.10. The predicted molar refractivity (Wildman–Crippen MR) is 138 cm³/mol. The maximum absolute atomic E-state index is 15.4. The van der Waals surface area contributed by atoms with Crippen LogP contribution in [-0.4, -0.2) is 34.7 Å². The molecule has 0 radical (unpaired) electrons. The van der Waals surface area contributed by atoms with E-state index in [0.717, 1.165) is 22.9 Å². The normalized spacial score (nSPS) is 13.0. The molecule has 0 aromatic carbocycles. The molecule has 0 saturated heterocycles. The van der Waals surface area contributed by atoms with Crippen molar-refractivity contribution in [2.45, 2.75) is 52.2 Å². The first-order valence-electron chi connectivity index (χ1n) is 11.8. The third-order valence-electron chi connectivity index (χ3n) is 6.08. The summed E-state index contributed by atoms with van der Waals surface area (Å²) in [6.07, 6.45) is 1.39. The van der Waals surface area contributed by atoms with E-state index in [4.69, 9.17) is 11.6 Å². The zero-order valence-electron chi connectivity index (χ0n) is 21.7. The van der Waals surface area contributed by atoms with Crippen molar-refractivity contribution in [1.29, 1.82) is 0 Å². The molecule has 0 aliphatic rings. The molecule has 1 atom stereocenters. The van der Waals surface area contributed by atoms with Crippen LogP contribution in [0.3, 0.4) is 0 Å². The molecular weight excluding hydrogens is 535 g/mol. The number of pyridine rings is 3. The van der Waals surface area contributed by atoms with Crippen LogP contribution < -0.4 is 5.56 Å². The quantitative estimate of drug-likeness (QED) is 0.347. The number of aliphatic hydroxyl groups is 2. The van der Waals surface area contributed by atoms with Gasteiger partial charge in [-0.2, -0.15) is 8.78 Å². The molecule has 4 aromatic heterocycles. The molecule has 4 aromatic rings. The number of aliphatic hydroxyl groups excluding tert-OH is 1. The van der Waals surface area contributed by atoms with Crippen molar-refractivity contribution in [1.82, 2.24) is 24.5 Å². The topological polar surface area (TPSA) is 114 Å². The smallest absolute Gasteiger partial charge is 0.305 e. The molecule has 4 heterocycles. The third-order valence-corrected chi connectivity index (χ3v) is 6.45. The van der Waals surface area contributed by atoms with Gasteiger partial charge in [0.2, 0.25) is 0 Å². The van der Waals surface area contributed by atoms with Gasteiger partial charge in [0.1, 0.15) is 22.1 Å². The molecule has 0 aliphatic carbocycles. The lowest BCUT2D eigenvalue weighted by atomic mass is 9.99. The lowest BCUT2D eigenvalue weighted by Gasteiger charge is -2.25. The van der Waals surface area contributed by atoms with Gasteiger partial charge in [0.05, 0.1) is 17.1 Å². The number of hydrogen-bond donors (Lipinski definition) is 2. The first kappa shape index (κ1) is 28.3. The largest absolute Gasteiger partial charge is 0.382 e. The van der Waals surface area contributed by atoms with Crippen molar-refractivity contribution in [3.8, 4) is 17.1 Å². The summed E-state index contributed by atoms with van der Waals surface area (Å²) in [5.41, 5.74) is -2.14. The number of aromatic nitrogens is 5. The summed E-state index contributed by atoms with van der Waals surface area (Å²) in [6, 6.07) is 5.05. The Morgan fingerprint density at radius 2 is 1.72 bits per heavy atom. The Morgan fingerprint density at radius 3 is 2.36 bits per heavy atom. The molecule has 0 saturated carbocycles. The van der Waals surface area contributed by atoms with Crippen molar-refractivity contribution in [2.24, 2.45) is 0 Å². The molecule has 0 amide bonds. The zero-order valence-corrected chi connectivity index (χ0v) is 22.4. The minimum Gasteiger partial charge on any atom is -0.382 e. The summed E-state index contributed by atoms with van der Waals surface area (Å²) in [7, 11) is 0. The van der Waals surface area contributed by atoms with E-state index in [0.29, 0.717) is 28.2 Å². The molecule has 8 nitrogen and oxygen atoms in total. The standard InChI is InChI=1S/C27H25ClF3N5O3/c1-13-8-17(29)22(34-11-13)23(37)27(30,31)16-9-15(3)36(24(38)21(16)28)20-10-19(33-12-14(20)2)18-6-7-32-25(35-18)26(4,5)39/h6-12,23,37,39H,1-5H3. The van der Waals surface area contributed by atoms with E-state index in [1.54, 1.807) is 13.0 Å². The van der Waals surface area contributed by atoms with Crippen LogP contribution in [0, 0.1) is 26.6 Å². The van der Waals surface area contributed by atoms with Gasteiger partial charge in [0, 0.05) is 29.8 Å². The van der Waals surface area contributed by atoms with Gasteiger partial charge in [0.15, 0.2) is 11.9 Å². The molecule has 0 aliphatic heterocycles. The summed E-state index contributed by atoms with van der Waals surface area (Å²) in [5, 5.41) is 19.8. The van der Waals surface area contributed by atoms with E-state index < -0.39 is 45.3 Å². The van der Waals surface area contributed by atoms with Crippen molar-refractivity contribution >= 4 is 11.6 Å². The summed E-state index contributed by atoms with van der Waals surface area (Å²) < 4.78 is 46.3. The van der Waals surface area contributed by atoms with Gasteiger partial charge in [-0.25, -0.2) is 14.4 Å². The maximum Gasteiger partial charge on any atom is 0.305 e. The molecule has 204 valence electrons. The lowest BCUT2D eigenvalue weighted by molar-refractivity contribution is -0.120. The minimum atomic E-state index is -4.14. The second kappa shape index (κ2) is 10.1. The van der Waals surface area contributed by atoms with Gasteiger partial charge in [-0.1, -0.05) is 11.6 Å². The monoisotopic (exact) mass is 559 g/mol. The Bertz CT molecular complexity index is 1640. The molecular formula is C27H25ClF3N5O3. The van der Waals surface area contributed by atoms with Crippen molar-refractivity contribution in [3.05, 3.63) is 98.0 Å². The highest BCUT2D eigenvalue weighted by molar-refractivity contribution is 6.31. The minimum absolute atomic E-state index is 0.0729. The van der Waals surface area contributed by atoms with Gasteiger partial charge in [0.25, 0.3) is 5.56 Å². The fraction of sp³-hybridized carbons (Fsp3) is 0.296. The maximum atomic E-state index is 15.4. The van der Waals surface area contributed by atoms with Crippen LogP contribution in [0.25, 0.3) is 17.1 Å². The molecule has 0 fully saturated rings. The Kier molecular flexibility index (Phi) is 7.37. The van der Waals surface area contributed by atoms with Gasteiger partial charge in [-0.3, -0.25) is 19.3 Å². The zero-order chi connectivity index (χ0) is 28.9. The Labute approximate surface area is 226 Å². The number of halogens is 4. The number of hydrogen-bond acceptors (Lipinski definition) is 7. The van der Waals surface area contributed by atoms with Gasteiger partial charge < -0.3 is 10.2 Å². The van der Waals surface area contributed by atoms with Crippen LogP contribution in [0.4, 0.5) is 13.2 Å². The molecule has 1 unspecified atom stereocenters. The molecule has 4 rings (SSSR count). The third kappa shape index (κ3) is 5.29. The van der Waals surface area contributed by atoms with Crippen LogP contribution in [0.2, 0.25) is 5.02 Å². The van der Waals surface area contributed by atoms with Crippen molar-refractivity contribution < 1.29 is 23.4 Å². The molecule has 0 spiro atoms. The molecule has 2 N–H and O–H groups in total. The van der Waals surface area contributed by atoms with Crippen LogP contribution in [-0.2, 0) is 11.5 Å². The Morgan fingerprint density at radius 1 is 1.03 bits per heavy atom. The highest BCUT2D eigenvalue weighted by Gasteiger charge is 2.46. The van der Waals surface area contributed by atoms with E-state index in [1.165, 1.54) is 46.2 Å². The first-order chi connectivity index (χ1) is 18.1. The first-order valence-corrected chi connectivity index (χ1v) is 12.1. The van der Waals surface area contributed by atoms with E-state index in [2.05, 4.69) is 19.9 Å². The number of alkyl halides is 2. The van der Waals surface area contributed by atoms with E-state index in [9.17, 15) is 19.4 Å². The van der Waals surface area contributed by atoms with Crippen molar-refractivity contribution in [2.75, 3.05) is 0 Å². The van der Waals surface area contributed by atoms with Crippen LogP contribution in [0.15, 0.2) is 47.7 Å². The molecule has 0 bridgehead atoms. The highest BCUT2D eigenvalue weighted by atomic mass is 35.5. The molecule has 12 heteroatoms. The average Bonchev–Trinajstić information content (AvgIpc) is 2.86. The highest BCUT2D eigenvalue weighted by Crippen LogP contribution is 2.43. The van der Waals surface area contributed by atoms with Crippen LogP contribution in [0.1, 0.15) is 53.9 Å². The summed E-state index contributed by atoms with van der Waals surface area (Å²) >= 11 is 6.18. The molecule has 39 heavy (non-hydrogen) atoms. The number of nitrogens with zero attached hydrogens (tertiary/aromatic N) is 5.